The minimum Gasteiger partial charge on any atom is -0.493 e. The molecule has 21 heavy (non-hydrogen) atoms. The van der Waals surface area contributed by atoms with Gasteiger partial charge in [-0.15, -0.1) is 0 Å². The van der Waals surface area contributed by atoms with Gasteiger partial charge in [0, 0.05) is 15.5 Å². The van der Waals surface area contributed by atoms with E-state index in [1.54, 1.807) is 25.3 Å². The number of benzene rings is 2. The van der Waals surface area contributed by atoms with E-state index in [2.05, 4.69) is 37.2 Å². The molecule has 112 valence electrons. The highest BCUT2D eigenvalue weighted by Gasteiger charge is 2.15. The Morgan fingerprint density at radius 3 is 2.52 bits per heavy atom. The third-order valence-corrected chi connectivity index (χ3v) is 4.51. The molecule has 0 aliphatic carbocycles. The van der Waals surface area contributed by atoms with Gasteiger partial charge in [-0.2, -0.15) is 0 Å². The van der Waals surface area contributed by atoms with Crippen LogP contribution in [-0.2, 0) is 0 Å². The van der Waals surface area contributed by atoms with E-state index in [1.807, 2.05) is 6.92 Å². The molecular formula is C15H13Br2ClFNO. The van der Waals surface area contributed by atoms with Crippen LogP contribution in [0.15, 0.2) is 39.3 Å². The lowest BCUT2D eigenvalue weighted by Crippen LogP contribution is -2.09. The van der Waals surface area contributed by atoms with Crippen molar-refractivity contribution in [2.24, 2.45) is 0 Å². The van der Waals surface area contributed by atoms with Crippen LogP contribution in [-0.4, -0.2) is 7.11 Å². The first-order valence-electron chi connectivity index (χ1n) is 6.17. The molecule has 0 aliphatic rings. The Bertz CT molecular complexity index is 666. The lowest BCUT2D eigenvalue weighted by atomic mass is 10.1. The van der Waals surface area contributed by atoms with Gasteiger partial charge in [0.25, 0.3) is 0 Å². The number of methoxy groups -OCH3 is 1. The monoisotopic (exact) mass is 435 g/mol. The molecule has 1 N–H and O–H groups in total. The van der Waals surface area contributed by atoms with Crippen molar-refractivity contribution in [3.05, 3.63) is 55.7 Å². The molecule has 6 heteroatoms. The van der Waals surface area contributed by atoms with Crippen molar-refractivity contribution in [1.29, 1.82) is 0 Å². The summed E-state index contributed by atoms with van der Waals surface area (Å²) in [5.41, 5.74) is 1.70. The maximum absolute atomic E-state index is 13.2. The van der Waals surface area contributed by atoms with Gasteiger partial charge in [-0.05, 0) is 52.7 Å². The SMILES string of the molecule is COc1c(Br)cc(Cl)cc1NC(C)c1ccc(F)cc1Br. The van der Waals surface area contributed by atoms with E-state index in [-0.39, 0.29) is 11.9 Å². The Labute approximate surface area is 144 Å². The van der Waals surface area contributed by atoms with E-state index in [9.17, 15) is 4.39 Å². The molecular weight excluding hydrogens is 424 g/mol. The number of ether oxygens (including phenoxy) is 1. The molecule has 0 amide bonds. The second kappa shape index (κ2) is 6.99. The van der Waals surface area contributed by atoms with Gasteiger partial charge in [-0.3, -0.25) is 0 Å². The number of hydrogen-bond donors (Lipinski definition) is 1. The zero-order chi connectivity index (χ0) is 15.6. The van der Waals surface area contributed by atoms with Crippen LogP contribution in [0.1, 0.15) is 18.5 Å². The molecule has 2 rings (SSSR count). The molecule has 0 saturated carbocycles. The van der Waals surface area contributed by atoms with Gasteiger partial charge in [0.05, 0.1) is 17.3 Å². The van der Waals surface area contributed by atoms with Gasteiger partial charge in [0.2, 0.25) is 0 Å². The molecule has 0 aromatic heterocycles. The van der Waals surface area contributed by atoms with Gasteiger partial charge in [-0.1, -0.05) is 33.6 Å². The number of hydrogen-bond acceptors (Lipinski definition) is 2. The second-order valence-electron chi connectivity index (χ2n) is 4.50. The Morgan fingerprint density at radius 1 is 1.19 bits per heavy atom. The Balaban J connectivity index is 2.33. The molecule has 0 fully saturated rings. The van der Waals surface area contributed by atoms with Crippen molar-refractivity contribution in [3.8, 4) is 5.75 Å². The summed E-state index contributed by atoms with van der Waals surface area (Å²) >= 11 is 12.9. The van der Waals surface area contributed by atoms with Crippen LogP contribution in [0.5, 0.6) is 5.75 Å². The predicted octanol–water partition coefficient (Wildman–Crippen LogP) is 6.19. The normalized spacial score (nSPS) is 12.1. The van der Waals surface area contributed by atoms with Crippen molar-refractivity contribution in [3.63, 3.8) is 0 Å². The van der Waals surface area contributed by atoms with E-state index in [1.165, 1.54) is 12.1 Å². The molecule has 0 aliphatic heterocycles. The average Bonchev–Trinajstić information content (AvgIpc) is 2.37. The molecule has 0 radical (unpaired) electrons. The summed E-state index contributed by atoms with van der Waals surface area (Å²) in [4.78, 5) is 0. The number of anilines is 1. The lowest BCUT2D eigenvalue weighted by Gasteiger charge is -2.20. The summed E-state index contributed by atoms with van der Waals surface area (Å²) < 4.78 is 20.0. The molecule has 2 aromatic carbocycles. The van der Waals surface area contributed by atoms with Crippen LogP contribution < -0.4 is 10.1 Å². The van der Waals surface area contributed by atoms with Gasteiger partial charge < -0.3 is 10.1 Å². The number of rotatable bonds is 4. The van der Waals surface area contributed by atoms with Crippen LogP contribution in [0.3, 0.4) is 0 Å². The summed E-state index contributed by atoms with van der Waals surface area (Å²) in [6.45, 7) is 1.98. The van der Waals surface area contributed by atoms with Gasteiger partial charge in [0.15, 0.2) is 5.75 Å². The molecule has 0 bridgehead atoms. The zero-order valence-corrected chi connectivity index (χ0v) is 15.3. The highest BCUT2D eigenvalue weighted by Crippen LogP contribution is 2.38. The van der Waals surface area contributed by atoms with Crippen molar-refractivity contribution >= 4 is 49.1 Å². The molecule has 1 atom stereocenters. The second-order valence-corrected chi connectivity index (χ2v) is 6.65. The summed E-state index contributed by atoms with van der Waals surface area (Å²) in [5.74, 6) is 0.394. The minimum absolute atomic E-state index is 0.0563. The Morgan fingerprint density at radius 2 is 1.90 bits per heavy atom. The van der Waals surface area contributed by atoms with E-state index < -0.39 is 0 Å². The van der Waals surface area contributed by atoms with Crippen LogP contribution >= 0.6 is 43.5 Å². The van der Waals surface area contributed by atoms with Gasteiger partial charge in [-0.25, -0.2) is 4.39 Å². The van der Waals surface area contributed by atoms with Crippen molar-refractivity contribution in [2.75, 3.05) is 12.4 Å². The molecule has 0 saturated heterocycles. The van der Waals surface area contributed by atoms with Gasteiger partial charge in [0.1, 0.15) is 5.82 Å². The fraction of sp³-hybridized carbons (Fsp3) is 0.200. The van der Waals surface area contributed by atoms with Gasteiger partial charge >= 0.3 is 0 Å². The third kappa shape index (κ3) is 3.90. The lowest BCUT2D eigenvalue weighted by molar-refractivity contribution is 0.413. The number of halogens is 4. The summed E-state index contributed by atoms with van der Waals surface area (Å²) in [6.07, 6.45) is 0. The smallest absolute Gasteiger partial charge is 0.156 e. The molecule has 2 nitrogen and oxygen atoms in total. The highest BCUT2D eigenvalue weighted by molar-refractivity contribution is 9.10. The summed E-state index contributed by atoms with van der Waals surface area (Å²) in [5, 5.41) is 3.92. The standard InChI is InChI=1S/C15H13Br2ClFNO/c1-8(11-4-3-10(19)7-12(11)16)20-14-6-9(18)5-13(17)15(14)21-2/h3-8,20H,1-2H3. The first kappa shape index (κ1) is 16.6. The van der Waals surface area contributed by atoms with E-state index in [0.717, 1.165) is 15.7 Å². The van der Waals surface area contributed by atoms with Crippen LogP contribution in [0.4, 0.5) is 10.1 Å². The van der Waals surface area contributed by atoms with Crippen molar-refractivity contribution in [1.82, 2.24) is 0 Å². The molecule has 2 aromatic rings. The predicted molar refractivity (Wildman–Crippen MR) is 91.8 cm³/mol. The minimum atomic E-state index is -0.277. The first-order chi connectivity index (χ1) is 9.92. The van der Waals surface area contributed by atoms with Crippen LogP contribution in [0.2, 0.25) is 5.02 Å². The van der Waals surface area contributed by atoms with Crippen LogP contribution in [0, 0.1) is 5.82 Å². The third-order valence-electron chi connectivity index (χ3n) is 3.01. The number of nitrogens with one attached hydrogen (secondary N) is 1. The summed E-state index contributed by atoms with van der Waals surface area (Å²) in [6, 6.07) is 8.12. The Kier molecular flexibility index (Phi) is 5.52. The fourth-order valence-electron chi connectivity index (χ4n) is 2.04. The largest absolute Gasteiger partial charge is 0.493 e. The summed E-state index contributed by atoms with van der Waals surface area (Å²) in [7, 11) is 1.59. The van der Waals surface area contributed by atoms with Crippen LogP contribution in [0.25, 0.3) is 0 Å². The average molecular weight is 438 g/mol. The van der Waals surface area contributed by atoms with E-state index in [4.69, 9.17) is 16.3 Å². The molecule has 0 heterocycles. The molecule has 0 spiro atoms. The highest BCUT2D eigenvalue weighted by atomic mass is 79.9. The van der Waals surface area contributed by atoms with Crippen molar-refractivity contribution < 1.29 is 9.13 Å². The Hall–Kier alpha value is -0.780. The molecule has 1 unspecified atom stereocenters. The fourth-order valence-corrected chi connectivity index (χ4v) is 3.71. The van der Waals surface area contributed by atoms with Crippen molar-refractivity contribution in [2.45, 2.75) is 13.0 Å². The maximum atomic E-state index is 13.2. The maximum Gasteiger partial charge on any atom is 0.156 e. The first-order valence-corrected chi connectivity index (χ1v) is 8.13. The van der Waals surface area contributed by atoms with E-state index in [0.29, 0.717) is 15.2 Å². The quantitative estimate of drug-likeness (QED) is 0.616. The topological polar surface area (TPSA) is 21.3 Å². The zero-order valence-electron chi connectivity index (χ0n) is 11.4. The van der Waals surface area contributed by atoms with E-state index >= 15 is 0 Å².